The van der Waals surface area contributed by atoms with Crippen LogP contribution in [0.4, 0.5) is 11.5 Å². The van der Waals surface area contributed by atoms with Crippen LogP contribution in [0.25, 0.3) is 0 Å². The van der Waals surface area contributed by atoms with Gasteiger partial charge >= 0.3 is 5.97 Å². The minimum absolute atomic E-state index is 0.0391. The lowest BCUT2D eigenvalue weighted by Crippen LogP contribution is -2.22. The fourth-order valence-corrected chi connectivity index (χ4v) is 1.95. The summed E-state index contributed by atoms with van der Waals surface area (Å²) in [6, 6.07) is 6.81. The summed E-state index contributed by atoms with van der Waals surface area (Å²) >= 11 is 0. The Bertz CT molecular complexity index is 694. The summed E-state index contributed by atoms with van der Waals surface area (Å²) in [5.41, 5.74) is 1.87. The van der Waals surface area contributed by atoms with E-state index in [0.717, 1.165) is 5.56 Å². The van der Waals surface area contributed by atoms with Crippen LogP contribution in [0.2, 0.25) is 0 Å². The number of anilines is 2. The van der Waals surface area contributed by atoms with Gasteiger partial charge in [0.1, 0.15) is 5.76 Å². The van der Waals surface area contributed by atoms with Crippen LogP contribution in [0.15, 0.2) is 28.8 Å². The molecule has 0 saturated carbocycles. The van der Waals surface area contributed by atoms with E-state index in [0.29, 0.717) is 22.8 Å². The highest BCUT2D eigenvalue weighted by Crippen LogP contribution is 2.19. The Morgan fingerprint density at radius 3 is 2.73 bits per heavy atom. The molecule has 0 spiro atoms. The number of carbonyl (C=O) groups excluding carboxylic acids is 2. The van der Waals surface area contributed by atoms with E-state index in [2.05, 4.69) is 15.8 Å². The SMILES string of the molecule is COC(=O)c1cccc(NCC(=O)Nc2cc(C)on2)c1C. The van der Waals surface area contributed by atoms with Crippen LogP contribution < -0.4 is 10.6 Å². The smallest absolute Gasteiger partial charge is 0.338 e. The number of nitrogens with zero attached hydrogens (tertiary/aromatic N) is 1. The van der Waals surface area contributed by atoms with Crippen LogP contribution in [0.3, 0.4) is 0 Å². The first-order valence-electron chi connectivity index (χ1n) is 6.66. The van der Waals surface area contributed by atoms with Gasteiger partial charge in [-0.1, -0.05) is 11.2 Å². The molecule has 2 rings (SSSR count). The molecule has 1 aromatic carbocycles. The maximum absolute atomic E-state index is 11.8. The highest BCUT2D eigenvalue weighted by atomic mass is 16.5. The molecule has 0 atom stereocenters. The molecule has 1 heterocycles. The summed E-state index contributed by atoms with van der Waals surface area (Å²) in [7, 11) is 1.33. The number of benzene rings is 1. The molecule has 2 aromatic rings. The molecule has 0 saturated heterocycles. The summed E-state index contributed by atoms with van der Waals surface area (Å²) in [5.74, 6) is 0.300. The van der Waals surface area contributed by atoms with Gasteiger partial charge in [0, 0.05) is 11.8 Å². The maximum Gasteiger partial charge on any atom is 0.338 e. The van der Waals surface area contributed by atoms with Crippen molar-refractivity contribution in [2.75, 3.05) is 24.3 Å². The van der Waals surface area contributed by atoms with Crippen molar-refractivity contribution in [1.82, 2.24) is 5.16 Å². The Balaban J connectivity index is 1.99. The summed E-state index contributed by atoms with van der Waals surface area (Å²) < 4.78 is 9.58. The summed E-state index contributed by atoms with van der Waals surface area (Å²) in [4.78, 5) is 23.5. The third kappa shape index (κ3) is 3.63. The lowest BCUT2D eigenvalue weighted by Gasteiger charge is -2.11. The van der Waals surface area contributed by atoms with Gasteiger partial charge in [0.2, 0.25) is 5.91 Å². The number of methoxy groups -OCH3 is 1. The molecule has 116 valence electrons. The third-order valence-corrected chi connectivity index (χ3v) is 3.07. The number of amides is 1. The van der Waals surface area contributed by atoms with Crippen LogP contribution in [-0.2, 0) is 9.53 Å². The molecule has 1 amide bonds. The van der Waals surface area contributed by atoms with Crippen LogP contribution in [-0.4, -0.2) is 30.7 Å². The Morgan fingerprint density at radius 2 is 2.09 bits per heavy atom. The van der Waals surface area contributed by atoms with E-state index in [4.69, 9.17) is 9.26 Å². The third-order valence-electron chi connectivity index (χ3n) is 3.07. The number of aromatic nitrogens is 1. The number of ether oxygens (including phenoxy) is 1. The molecule has 0 bridgehead atoms. The van der Waals surface area contributed by atoms with Gasteiger partial charge in [0.25, 0.3) is 0 Å². The first-order valence-corrected chi connectivity index (χ1v) is 6.66. The number of nitrogens with one attached hydrogen (secondary N) is 2. The quantitative estimate of drug-likeness (QED) is 0.822. The maximum atomic E-state index is 11.8. The molecule has 7 nitrogen and oxygen atoms in total. The molecule has 22 heavy (non-hydrogen) atoms. The van der Waals surface area contributed by atoms with Crippen LogP contribution >= 0.6 is 0 Å². The highest BCUT2D eigenvalue weighted by molar-refractivity contribution is 5.95. The van der Waals surface area contributed by atoms with Gasteiger partial charge in [0.15, 0.2) is 5.82 Å². The first kappa shape index (κ1) is 15.6. The molecule has 0 aliphatic carbocycles. The minimum Gasteiger partial charge on any atom is -0.465 e. The number of carbonyl (C=O) groups is 2. The van der Waals surface area contributed by atoms with Crippen molar-refractivity contribution in [2.45, 2.75) is 13.8 Å². The predicted molar refractivity (Wildman–Crippen MR) is 80.9 cm³/mol. The highest BCUT2D eigenvalue weighted by Gasteiger charge is 2.12. The fraction of sp³-hybridized carbons (Fsp3) is 0.267. The second-order valence-electron chi connectivity index (χ2n) is 4.69. The Labute approximate surface area is 127 Å². The number of aryl methyl sites for hydroxylation is 1. The summed E-state index contributed by atoms with van der Waals surface area (Å²) in [6.07, 6.45) is 0. The number of hydrogen-bond acceptors (Lipinski definition) is 6. The van der Waals surface area contributed by atoms with Crippen molar-refractivity contribution < 1.29 is 18.8 Å². The van der Waals surface area contributed by atoms with E-state index in [1.54, 1.807) is 38.1 Å². The van der Waals surface area contributed by atoms with Crippen molar-refractivity contribution in [2.24, 2.45) is 0 Å². The topological polar surface area (TPSA) is 93.5 Å². The number of esters is 1. The van der Waals surface area contributed by atoms with E-state index >= 15 is 0 Å². The second-order valence-corrected chi connectivity index (χ2v) is 4.69. The standard InChI is InChI=1S/C15H17N3O4/c1-9-7-13(18-22-9)17-14(19)8-16-12-6-4-5-11(10(12)2)15(20)21-3/h4-7,16H,8H2,1-3H3,(H,17,18,19). The van der Waals surface area contributed by atoms with Crippen molar-refractivity contribution in [3.05, 3.63) is 41.2 Å². The predicted octanol–water partition coefficient (Wildman–Crippen LogP) is 2.13. The second kappa shape index (κ2) is 6.75. The zero-order chi connectivity index (χ0) is 16.1. The van der Waals surface area contributed by atoms with Gasteiger partial charge in [0.05, 0.1) is 19.2 Å². The Hall–Kier alpha value is -2.83. The largest absolute Gasteiger partial charge is 0.465 e. The fourth-order valence-electron chi connectivity index (χ4n) is 1.95. The first-order chi connectivity index (χ1) is 10.5. The molecule has 0 unspecified atom stereocenters. The number of hydrogen-bond donors (Lipinski definition) is 2. The van der Waals surface area contributed by atoms with E-state index < -0.39 is 5.97 Å². The molecule has 7 heteroatoms. The Kier molecular flexibility index (Phi) is 4.77. The minimum atomic E-state index is -0.413. The van der Waals surface area contributed by atoms with E-state index in [9.17, 15) is 9.59 Å². The molecule has 2 N–H and O–H groups in total. The van der Waals surface area contributed by atoms with Gasteiger partial charge in [-0.15, -0.1) is 0 Å². The molecule has 0 aliphatic heterocycles. The van der Waals surface area contributed by atoms with Gasteiger partial charge in [-0.05, 0) is 31.5 Å². The van der Waals surface area contributed by atoms with Crippen LogP contribution in [0.1, 0.15) is 21.7 Å². The van der Waals surface area contributed by atoms with E-state index in [1.165, 1.54) is 7.11 Å². The molecular weight excluding hydrogens is 286 g/mol. The van der Waals surface area contributed by atoms with Crippen molar-refractivity contribution in [3.8, 4) is 0 Å². The van der Waals surface area contributed by atoms with Crippen molar-refractivity contribution >= 4 is 23.4 Å². The molecule has 1 aromatic heterocycles. The van der Waals surface area contributed by atoms with Gasteiger partial charge in [-0.3, -0.25) is 4.79 Å². The van der Waals surface area contributed by atoms with Crippen molar-refractivity contribution in [1.29, 1.82) is 0 Å². The lowest BCUT2D eigenvalue weighted by atomic mass is 10.1. The summed E-state index contributed by atoms with van der Waals surface area (Å²) in [5, 5.41) is 9.26. The lowest BCUT2D eigenvalue weighted by molar-refractivity contribution is -0.114. The molecule has 0 aliphatic rings. The van der Waals surface area contributed by atoms with E-state index in [-0.39, 0.29) is 12.5 Å². The van der Waals surface area contributed by atoms with Crippen molar-refractivity contribution in [3.63, 3.8) is 0 Å². The van der Waals surface area contributed by atoms with Crippen LogP contribution in [0.5, 0.6) is 0 Å². The molecule has 0 fully saturated rings. The zero-order valence-electron chi connectivity index (χ0n) is 12.6. The number of rotatable bonds is 5. The van der Waals surface area contributed by atoms with Gasteiger partial charge in [-0.25, -0.2) is 4.79 Å². The Morgan fingerprint density at radius 1 is 1.32 bits per heavy atom. The average Bonchev–Trinajstić information content (AvgIpc) is 2.90. The van der Waals surface area contributed by atoms with Crippen LogP contribution in [0, 0.1) is 13.8 Å². The average molecular weight is 303 g/mol. The molecule has 0 radical (unpaired) electrons. The van der Waals surface area contributed by atoms with Gasteiger partial charge in [-0.2, -0.15) is 0 Å². The normalized spacial score (nSPS) is 10.1. The monoisotopic (exact) mass is 303 g/mol. The summed E-state index contributed by atoms with van der Waals surface area (Å²) in [6.45, 7) is 3.56. The zero-order valence-corrected chi connectivity index (χ0v) is 12.6. The van der Waals surface area contributed by atoms with Gasteiger partial charge < -0.3 is 19.9 Å². The molecular formula is C15H17N3O4. The van der Waals surface area contributed by atoms with E-state index in [1.807, 2.05) is 0 Å².